The average molecular weight is 361 g/mol. The lowest BCUT2D eigenvalue weighted by molar-refractivity contribution is -0.385. The molecule has 0 saturated carbocycles. The Morgan fingerprint density at radius 1 is 1.19 bits per heavy atom. The number of nitro groups is 1. The first-order valence-electron chi connectivity index (χ1n) is 9.42. The summed E-state index contributed by atoms with van der Waals surface area (Å²) in [5.41, 5.74) is 0.0115. The molecule has 0 N–H and O–H groups in total. The van der Waals surface area contributed by atoms with Crippen molar-refractivity contribution in [2.45, 2.75) is 26.2 Å². The van der Waals surface area contributed by atoms with E-state index in [2.05, 4.69) is 21.7 Å². The van der Waals surface area contributed by atoms with Gasteiger partial charge in [0.1, 0.15) is 12.0 Å². The fourth-order valence-corrected chi connectivity index (χ4v) is 3.73. The third-order valence-electron chi connectivity index (χ3n) is 5.52. The number of hydrogen-bond donors (Lipinski definition) is 0. The highest BCUT2D eigenvalue weighted by Crippen LogP contribution is 2.25. The van der Waals surface area contributed by atoms with Gasteiger partial charge in [0.2, 0.25) is 5.91 Å². The van der Waals surface area contributed by atoms with Crippen LogP contribution in [0.5, 0.6) is 0 Å². The minimum atomic E-state index is -0.436. The third-order valence-corrected chi connectivity index (χ3v) is 5.52. The molecule has 26 heavy (non-hydrogen) atoms. The minimum Gasteiger partial charge on any atom is -0.357 e. The van der Waals surface area contributed by atoms with Crippen LogP contribution in [0.4, 0.5) is 11.5 Å². The quantitative estimate of drug-likeness (QED) is 0.587. The van der Waals surface area contributed by atoms with Gasteiger partial charge in [-0.05, 0) is 31.4 Å². The van der Waals surface area contributed by atoms with Gasteiger partial charge in [-0.1, -0.05) is 6.92 Å². The van der Waals surface area contributed by atoms with Crippen molar-refractivity contribution in [3.05, 3.63) is 28.4 Å². The number of aromatic nitrogens is 1. The number of likely N-dealkylation sites (N-methyl/N-ethyl adjacent to an activating group) is 1. The van der Waals surface area contributed by atoms with Gasteiger partial charge in [0.05, 0.1) is 4.92 Å². The lowest BCUT2D eigenvalue weighted by atomic mass is 9.93. The average Bonchev–Trinajstić information content (AvgIpc) is 2.68. The molecule has 0 radical (unpaired) electrons. The minimum absolute atomic E-state index is 0.0115. The monoisotopic (exact) mass is 361 g/mol. The lowest BCUT2D eigenvalue weighted by Crippen LogP contribution is -2.49. The second kappa shape index (κ2) is 8.44. The van der Waals surface area contributed by atoms with E-state index in [0.29, 0.717) is 12.3 Å². The zero-order chi connectivity index (χ0) is 18.5. The van der Waals surface area contributed by atoms with Gasteiger partial charge in [-0.2, -0.15) is 0 Å². The lowest BCUT2D eigenvalue weighted by Gasteiger charge is -2.36. The van der Waals surface area contributed by atoms with Gasteiger partial charge in [-0.15, -0.1) is 0 Å². The van der Waals surface area contributed by atoms with Crippen LogP contribution in [0.3, 0.4) is 0 Å². The fourth-order valence-electron chi connectivity index (χ4n) is 3.73. The van der Waals surface area contributed by atoms with Crippen molar-refractivity contribution in [3.8, 4) is 0 Å². The molecule has 0 atom stereocenters. The molecule has 2 aliphatic rings. The largest absolute Gasteiger partial charge is 0.357 e. The number of carbonyl (C=O) groups is 1. The molecule has 0 aromatic carbocycles. The smallest absolute Gasteiger partial charge is 0.287 e. The SMILES string of the molecule is CCN1CCN(C(=O)CC2CCN(c3ccc([N+](=O)[O-])cn3)CC2)CC1. The maximum Gasteiger partial charge on any atom is 0.287 e. The van der Waals surface area contributed by atoms with E-state index in [9.17, 15) is 14.9 Å². The third kappa shape index (κ3) is 4.49. The van der Waals surface area contributed by atoms with E-state index >= 15 is 0 Å². The molecule has 0 spiro atoms. The van der Waals surface area contributed by atoms with Gasteiger partial charge in [0.25, 0.3) is 5.69 Å². The van der Waals surface area contributed by atoms with Gasteiger partial charge >= 0.3 is 0 Å². The van der Waals surface area contributed by atoms with Crippen molar-refractivity contribution in [2.75, 3.05) is 50.7 Å². The summed E-state index contributed by atoms with van der Waals surface area (Å²) in [4.78, 5) is 33.5. The van der Waals surface area contributed by atoms with Gasteiger partial charge in [-0.3, -0.25) is 14.9 Å². The van der Waals surface area contributed by atoms with Gasteiger partial charge in [0, 0.05) is 51.8 Å². The number of piperidine rings is 1. The van der Waals surface area contributed by atoms with Crippen LogP contribution in [-0.4, -0.2) is 71.4 Å². The topological polar surface area (TPSA) is 82.8 Å². The molecule has 3 heterocycles. The van der Waals surface area contributed by atoms with E-state index in [1.807, 2.05) is 4.90 Å². The summed E-state index contributed by atoms with van der Waals surface area (Å²) in [6.45, 7) is 8.54. The number of rotatable bonds is 5. The molecule has 1 amide bonds. The molecule has 1 aromatic rings. The number of anilines is 1. The Bertz CT molecular complexity index is 620. The summed E-state index contributed by atoms with van der Waals surface area (Å²) < 4.78 is 0. The molecule has 0 aliphatic carbocycles. The number of piperazine rings is 1. The van der Waals surface area contributed by atoms with Crippen LogP contribution in [0.2, 0.25) is 0 Å². The summed E-state index contributed by atoms with van der Waals surface area (Å²) in [6.07, 6.45) is 3.85. The van der Waals surface area contributed by atoms with Crippen LogP contribution >= 0.6 is 0 Å². The summed E-state index contributed by atoms with van der Waals surface area (Å²) in [5, 5.41) is 10.7. The molecule has 0 bridgehead atoms. The number of hydrogen-bond acceptors (Lipinski definition) is 6. The van der Waals surface area contributed by atoms with Crippen molar-refractivity contribution in [3.63, 3.8) is 0 Å². The van der Waals surface area contributed by atoms with E-state index in [1.165, 1.54) is 12.3 Å². The van der Waals surface area contributed by atoms with Crippen molar-refractivity contribution >= 4 is 17.4 Å². The first-order chi connectivity index (χ1) is 12.6. The highest BCUT2D eigenvalue weighted by molar-refractivity contribution is 5.76. The van der Waals surface area contributed by atoms with Crippen LogP contribution in [0.25, 0.3) is 0 Å². The molecular formula is C18H27N5O3. The van der Waals surface area contributed by atoms with E-state index in [1.54, 1.807) is 6.07 Å². The first kappa shape index (κ1) is 18.6. The van der Waals surface area contributed by atoms with E-state index in [4.69, 9.17) is 0 Å². The second-order valence-corrected chi connectivity index (χ2v) is 7.08. The Morgan fingerprint density at radius 2 is 1.88 bits per heavy atom. The molecule has 8 heteroatoms. The number of pyridine rings is 1. The van der Waals surface area contributed by atoms with Crippen molar-refractivity contribution in [1.29, 1.82) is 0 Å². The van der Waals surface area contributed by atoms with E-state index in [0.717, 1.165) is 64.5 Å². The molecule has 3 rings (SSSR count). The first-order valence-corrected chi connectivity index (χ1v) is 9.42. The van der Waals surface area contributed by atoms with Gasteiger partial charge in [0.15, 0.2) is 0 Å². The van der Waals surface area contributed by atoms with E-state index < -0.39 is 4.92 Å². The molecule has 2 aliphatic heterocycles. The Labute approximate surface area is 153 Å². The highest BCUT2D eigenvalue weighted by atomic mass is 16.6. The molecule has 2 saturated heterocycles. The van der Waals surface area contributed by atoms with Crippen molar-refractivity contribution < 1.29 is 9.72 Å². The highest BCUT2D eigenvalue weighted by Gasteiger charge is 2.26. The summed E-state index contributed by atoms with van der Waals surface area (Å²) >= 11 is 0. The van der Waals surface area contributed by atoms with E-state index in [-0.39, 0.29) is 11.6 Å². The molecule has 1 aromatic heterocycles. The molecule has 0 unspecified atom stereocenters. The second-order valence-electron chi connectivity index (χ2n) is 7.08. The van der Waals surface area contributed by atoms with Crippen LogP contribution in [0, 0.1) is 16.0 Å². The molecule has 2 fully saturated rings. The number of nitrogens with zero attached hydrogens (tertiary/aromatic N) is 5. The van der Waals surface area contributed by atoms with Crippen LogP contribution < -0.4 is 4.90 Å². The Hall–Kier alpha value is -2.22. The Kier molecular flexibility index (Phi) is 6.03. The standard InChI is InChI=1S/C18H27N5O3/c1-2-20-9-11-22(12-10-20)18(24)13-15-5-7-21(8-6-15)17-4-3-16(14-19-17)23(25)26/h3-4,14-15H,2,5-13H2,1H3. The van der Waals surface area contributed by atoms with Gasteiger partial charge in [-0.25, -0.2) is 4.98 Å². The summed E-state index contributed by atoms with van der Waals surface area (Å²) in [6, 6.07) is 3.20. The van der Waals surface area contributed by atoms with Crippen molar-refractivity contribution in [1.82, 2.24) is 14.8 Å². The zero-order valence-electron chi connectivity index (χ0n) is 15.3. The maximum atomic E-state index is 12.5. The predicted molar refractivity (Wildman–Crippen MR) is 99.1 cm³/mol. The summed E-state index contributed by atoms with van der Waals surface area (Å²) in [7, 11) is 0. The molecular weight excluding hydrogens is 334 g/mol. The zero-order valence-corrected chi connectivity index (χ0v) is 15.3. The Balaban J connectivity index is 1.45. The Morgan fingerprint density at radius 3 is 2.42 bits per heavy atom. The van der Waals surface area contributed by atoms with Crippen LogP contribution in [0.1, 0.15) is 26.2 Å². The van der Waals surface area contributed by atoms with Crippen LogP contribution in [-0.2, 0) is 4.79 Å². The maximum absolute atomic E-state index is 12.5. The van der Waals surface area contributed by atoms with Crippen molar-refractivity contribution in [2.24, 2.45) is 5.92 Å². The van der Waals surface area contributed by atoms with Gasteiger partial charge < -0.3 is 14.7 Å². The normalized spacial score (nSPS) is 19.6. The molecule has 142 valence electrons. The fraction of sp³-hybridized carbons (Fsp3) is 0.667. The number of amides is 1. The number of carbonyl (C=O) groups excluding carboxylic acids is 1. The van der Waals surface area contributed by atoms with Crippen LogP contribution in [0.15, 0.2) is 18.3 Å². The molecule has 8 nitrogen and oxygen atoms in total. The summed E-state index contributed by atoms with van der Waals surface area (Å²) in [5.74, 6) is 1.48. The predicted octanol–water partition coefficient (Wildman–Crippen LogP) is 1.76.